The third-order valence-corrected chi connectivity index (χ3v) is 4.21. The highest BCUT2D eigenvalue weighted by molar-refractivity contribution is 5.92. The molecule has 1 heterocycles. The number of carbonyl (C=O) groups is 4. The maximum atomic E-state index is 12.7. The number of guanidine groups is 1. The summed E-state index contributed by atoms with van der Waals surface area (Å²) in [6, 6.07) is -3.42. The van der Waals surface area contributed by atoms with E-state index in [0.717, 1.165) is 0 Å². The first-order valence-corrected chi connectivity index (χ1v) is 9.50. The number of rotatable bonds is 14. The van der Waals surface area contributed by atoms with Crippen LogP contribution in [0.5, 0.6) is 0 Å². The van der Waals surface area contributed by atoms with Gasteiger partial charge in [-0.15, -0.1) is 0 Å². The van der Waals surface area contributed by atoms with Gasteiger partial charge in [0.1, 0.15) is 12.1 Å². The number of hydrogen-bond donors (Lipinski definition) is 8. The predicted molar refractivity (Wildman–Crippen MR) is 110 cm³/mol. The summed E-state index contributed by atoms with van der Waals surface area (Å²) in [5.41, 5.74) is 21.8. The molecule has 14 heteroatoms. The van der Waals surface area contributed by atoms with Crippen molar-refractivity contribution in [3.05, 3.63) is 18.2 Å². The minimum atomic E-state index is -1.25. The lowest BCUT2D eigenvalue weighted by molar-refractivity contribution is -0.142. The van der Waals surface area contributed by atoms with Crippen molar-refractivity contribution >= 4 is 29.7 Å². The molecule has 12 N–H and O–H groups in total. The molecule has 0 bridgehead atoms. The maximum absolute atomic E-state index is 12.7. The number of aliphatic imine (C=N–C) groups is 1. The lowest BCUT2D eigenvalue weighted by Crippen LogP contribution is -2.55. The number of carboxylic acid groups (broad SMARTS) is 1. The number of aromatic amines is 1. The van der Waals surface area contributed by atoms with Gasteiger partial charge in [-0.3, -0.25) is 19.4 Å². The molecule has 3 amide bonds. The van der Waals surface area contributed by atoms with Gasteiger partial charge in [0.2, 0.25) is 17.7 Å². The number of imidazole rings is 1. The largest absolute Gasteiger partial charge is 0.480 e. The summed E-state index contributed by atoms with van der Waals surface area (Å²) in [4.78, 5) is 57.9. The van der Waals surface area contributed by atoms with Crippen molar-refractivity contribution in [2.24, 2.45) is 27.9 Å². The minimum absolute atomic E-state index is 0.00209. The minimum Gasteiger partial charge on any atom is -0.480 e. The van der Waals surface area contributed by atoms with Gasteiger partial charge >= 0.3 is 5.97 Å². The van der Waals surface area contributed by atoms with Crippen LogP contribution in [0.15, 0.2) is 17.5 Å². The standard InChI is InChI=1S/C17H29N9O5/c18-10(3-4-13(19)27)14(28)26-12(6-9-7-22-8-24-9)15(29)25-11(16(30)31)2-1-5-23-17(20)21/h7-8,10-12H,1-6,18H2,(H2,19,27)(H,22,24)(H,25,29)(H,26,28)(H,30,31)(H4,20,21,23). The summed E-state index contributed by atoms with van der Waals surface area (Å²) in [5.74, 6) is -3.38. The molecule has 1 aromatic rings. The number of primary amides is 1. The Kier molecular flexibility index (Phi) is 10.5. The molecule has 0 aliphatic rings. The molecule has 14 nitrogen and oxygen atoms in total. The van der Waals surface area contributed by atoms with E-state index in [-0.39, 0.29) is 38.2 Å². The Morgan fingerprint density at radius 2 is 1.77 bits per heavy atom. The SMILES string of the molecule is NC(=O)CCC(N)C(=O)NC(Cc1cnc[nH]1)C(=O)NC(CCCN=C(N)N)C(=O)O. The Labute approximate surface area is 178 Å². The highest BCUT2D eigenvalue weighted by Crippen LogP contribution is 2.04. The molecule has 0 aromatic carbocycles. The van der Waals surface area contributed by atoms with E-state index in [0.29, 0.717) is 12.1 Å². The van der Waals surface area contributed by atoms with E-state index in [4.69, 9.17) is 22.9 Å². The zero-order valence-electron chi connectivity index (χ0n) is 16.9. The number of nitrogens with zero attached hydrogens (tertiary/aromatic N) is 2. The Morgan fingerprint density at radius 3 is 2.32 bits per heavy atom. The lowest BCUT2D eigenvalue weighted by atomic mass is 10.1. The number of amides is 3. The van der Waals surface area contributed by atoms with Crippen LogP contribution in [0.25, 0.3) is 0 Å². The normalized spacial score (nSPS) is 13.5. The van der Waals surface area contributed by atoms with Crippen molar-refractivity contribution in [2.45, 2.75) is 50.2 Å². The first kappa shape index (κ1) is 25.4. The van der Waals surface area contributed by atoms with Gasteiger partial charge in [-0.2, -0.15) is 0 Å². The molecule has 0 saturated heterocycles. The average molecular weight is 439 g/mol. The average Bonchev–Trinajstić information content (AvgIpc) is 3.20. The second-order valence-corrected chi connectivity index (χ2v) is 6.80. The van der Waals surface area contributed by atoms with Crippen LogP contribution in [-0.4, -0.2) is 69.4 Å². The van der Waals surface area contributed by atoms with E-state index in [1.54, 1.807) is 0 Å². The van der Waals surface area contributed by atoms with Crippen LogP contribution in [0.1, 0.15) is 31.4 Å². The molecule has 1 aromatic heterocycles. The molecule has 0 spiro atoms. The van der Waals surface area contributed by atoms with E-state index in [9.17, 15) is 24.3 Å². The fourth-order valence-corrected chi connectivity index (χ4v) is 2.57. The molecule has 0 radical (unpaired) electrons. The molecule has 0 aliphatic heterocycles. The number of carboxylic acids is 1. The molecule has 1 rings (SSSR count). The van der Waals surface area contributed by atoms with Gasteiger partial charge in [0.15, 0.2) is 5.96 Å². The monoisotopic (exact) mass is 439 g/mol. The molecule has 0 aliphatic carbocycles. The number of aromatic nitrogens is 2. The maximum Gasteiger partial charge on any atom is 0.326 e. The Morgan fingerprint density at radius 1 is 1.10 bits per heavy atom. The summed E-state index contributed by atoms with van der Waals surface area (Å²) >= 11 is 0. The number of aliphatic carboxylic acids is 1. The van der Waals surface area contributed by atoms with Gasteiger partial charge in [0, 0.05) is 31.3 Å². The molecular formula is C17H29N9O5. The summed E-state index contributed by atoms with van der Waals surface area (Å²) in [5, 5.41) is 14.3. The highest BCUT2D eigenvalue weighted by Gasteiger charge is 2.28. The smallest absolute Gasteiger partial charge is 0.326 e. The molecule has 0 fully saturated rings. The summed E-state index contributed by atoms with van der Waals surface area (Å²) in [6.07, 6.45) is 3.16. The van der Waals surface area contributed by atoms with Crippen LogP contribution in [0.3, 0.4) is 0 Å². The predicted octanol–water partition coefficient (Wildman–Crippen LogP) is -3.35. The molecular weight excluding hydrogens is 410 g/mol. The highest BCUT2D eigenvalue weighted by atomic mass is 16.4. The number of nitrogens with two attached hydrogens (primary N) is 4. The second kappa shape index (κ2) is 12.8. The van der Waals surface area contributed by atoms with E-state index in [2.05, 4.69) is 25.6 Å². The fourth-order valence-electron chi connectivity index (χ4n) is 2.57. The third kappa shape index (κ3) is 10.1. The van der Waals surface area contributed by atoms with Crippen molar-refractivity contribution in [2.75, 3.05) is 6.54 Å². The van der Waals surface area contributed by atoms with Gasteiger partial charge in [0.25, 0.3) is 0 Å². The Balaban J connectivity index is 2.81. The van der Waals surface area contributed by atoms with Crippen molar-refractivity contribution in [3.8, 4) is 0 Å². The number of nitrogens with one attached hydrogen (secondary N) is 3. The number of carbonyl (C=O) groups excluding carboxylic acids is 3. The molecule has 172 valence electrons. The van der Waals surface area contributed by atoms with E-state index < -0.39 is 41.8 Å². The Hall–Kier alpha value is -3.68. The first-order chi connectivity index (χ1) is 14.6. The van der Waals surface area contributed by atoms with E-state index in [1.807, 2.05) is 0 Å². The topological polar surface area (TPSA) is 258 Å². The van der Waals surface area contributed by atoms with Crippen LogP contribution >= 0.6 is 0 Å². The summed E-state index contributed by atoms with van der Waals surface area (Å²) < 4.78 is 0. The van der Waals surface area contributed by atoms with E-state index >= 15 is 0 Å². The zero-order chi connectivity index (χ0) is 23.4. The molecule has 31 heavy (non-hydrogen) atoms. The number of H-pyrrole nitrogens is 1. The summed E-state index contributed by atoms with van der Waals surface area (Å²) in [7, 11) is 0. The third-order valence-electron chi connectivity index (χ3n) is 4.21. The van der Waals surface area contributed by atoms with Crippen molar-refractivity contribution < 1.29 is 24.3 Å². The van der Waals surface area contributed by atoms with Crippen molar-refractivity contribution in [1.29, 1.82) is 0 Å². The van der Waals surface area contributed by atoms with Crippen LogP contribution in [-0.2, 0) is 25.6 Å². The van der Waals surface area contributed by atoms with E-state index in [1.165, 1.54) is 12.5 Å². The lowest BCUT2D eigenvalue weighted by Gasteiger charge is -2.22. The van der Waals surface area contributed by atoms with Gasteiger partial charge in [-0.05, 0) is 19.3 Å². The molecule has 3 unspecified atom stereocenters. The van der Waals surface area contributed by atoms with Crippen LogP contribution in [0.2, 0.25) is 0 Å². The fraction of sp³-hybridized carbons (Fsp3) is 0.529. The van der Waals surface area contributed by atoms with Gasteiger partial charge in [-0.1, -0.05) is 0 Å². The second-order valence-electron chi connectivity index (χ2n) is 6.80. The number of hydrogen-bond acceptors (Lipinski definition) is 7. The van der Waals surface area contributed by atoms with Crippen molar-refractivity contribution in [1.82, 2.24) is 20.6 Å². The zero-order valence-corrected chi connectivity index (χ0v) is 16.9. The van der Waals surface area contributed by atoms with Gasteiger partial charge in [0.05, 0.1) is 12.4 Å². The first-order valence-electron chi connectivity index (χ1n) is 9.50. The quantitative estimate of drug-likeness (QED) is 0.0816. The molecule has 0 saturated carbocycles. The Bertz CT molecular complexity index is 777. The van der Waals surface area contributed by atoms with Gasteiger partial charge < -0.3 is 43.7 Å². The summed E-state index contributed by atoms with van der Waals surface area (Å²) in [6.45, 7) is 0.199. The van der Waals surface area contributed by atoms with Crippen LogP contribution in [0, 0.1) is 0 Å². The molecule has 3 atom stereocenters. The van der Waals surface area contributed by atoms with Crippen molar-refractivity contribution in [3.63, 3.8) is 0 Å². The van der Waals surface area contributed by atoms with Crippen LogP contribution in [0.4, 0.5) is 0 Å². The van der Waals surface area contributed by atoms with Gasteiger partial charge in [-0.25, -0.2) is 9.78 Å². The van der Waals surface area contributed by atoms with Crippen LogP contribution < -0.4 is 33.6 Å².